The minimum atomic E-state index is 0.686. The van der Waals surface area contributed by atoms with Crippen LogP contribution in [0.2, 0.25) is 0 Å². The third kappa shape index (κ3) is 2.11. The number of fused-ring (bicyclic) bond motifs is 1. The van der Waals surface area contributed by atoms with Crippen molar-refractivity contribution < 1.29 is 9.22 Å². The van der Waals surface area contributed by atoms with Crippen molar-refractivity contribution in [3.63, 3.8) is 0 Å². The smallest absolute Gasteiger partial charge is 0.119 e. The first-order chi connectivity index (χ1) is 10.1. The summed E-state index contributed by atoms with van der Waals surface area (Å²) in [5.74, 6) is 1.70. The predicted molar refractivity (Wildman–Crippen MR) is 85.7 cm³/mol. The predicted octanol–water partition coefficient (Wildman–Crippen LogP) is 3.88. The lowest BCUT2D eigenvalue weighted by Gasteiger charge is -2.47. The van der Waals surface area contributed by atoms with Gasteiger partial charge in [0, 0.05) is 38.0 Å². The van der Waals surface area contributed by atoms with Gasteiger partial charge in [0.1, 0.15) is 5.75 Å². The molecule has 0 radical (unpaired) electrons. The second-order valence-electron chi connectivity index (χ2n) is 7.64. The summed E-state index contributed by atoms with van der Waals surface area (Å²) in [6.45, 7) is 2.47. The number of aryl methyl sites for hydroxylation is 1. The van der Waals surface area contributed by atoms with Crippen LogP contribution in [0.1, 0.15) is 56.1 Å². The van der Waals surface area contributed by atoms with E-state index in [1.165, 1.54) is 48.6 Å². The number of rotatable bonds is 4. The second kappa shape index (κ2) is 4.74. The molecule has 3 aliphatic rings. The van der Waals surface area contributed by atoms with Crippen molar-refractivity contribution in [2.45, 2.75) is 69.5 Å². The zero-order chi connectivity index (χ0) is 14.6. The Labute approximate surface area is 128 Å². The highest BCUT2D eigenvalue weighted by Gasteiger charge is 2.56. The van der Waals surface area contributed by atoms with Gasteiger partial charge in [-0.15, -0.1) is 0 Å². The number of likely N-dealkylation sites (N-methyl/N-ethyl adjacent to an activating group) is 1. The Bertz CT molecular complexity index is 532. The molecule has 2 unspecified atom stereocenters. The van der Waals surface area contributed by atoms with Gasteiger partial charge in [-0.2, -0.15) is 0 Å². The molecule has 0 bridgehead atoms. The van der Waals surface area contributed by atoms with Crippen molar-refractivity contribution >= 4 is 0 Å². The summed E-state index contributed by atoms with van der Waals surface area (Å²) >= 11 is 0. The second-order valence-corrected chi connectivity index (χ2v) is 7.64. The molecule has 4 rings (SSSR count). The van der Waals surface area contributed by atoms with Crippen molar-refractivity contribution in [2.75, 3.05) is 14.2 Å². The lowest BCUT2D eigenvalue weighted by molar-refractivity contribution is -0.955. The molecule has 2 heteroatoms. The molecule has 2 atom stereocenters. The topological polar surface area (TPSA) is 9.23 Å². The van der Waals surface area contributed by atoms with Gasteiger partial charge in [0.25, 0.3) is 0 Å². The molecular weight excluding hydrogens is 258 g/mol. The lowest BCUT2D eigenvalue weighted by Crippen LogP contribution is -2.58. The molecule has 2 saturated carbocycles. The fourth-order valence-electron chi connectivity index (χ4n) is 4.99. The Morgan fingerprint density at radius 1 is 1.05 bits per heavy atom. The largest absolute Gasteiger partial charge is 0.497 e. The van der Waals surface area contributed by atoms with Crippen LogP contribution in [0.4, 0.5) is 0 Å². The highest BCUT2D eigenvalue weighted by molar-refractivity contribution is 5.40. The molecule has 1 aromatic carbocycles. The number of hydrogen-bond acceptors (Lipinski definition) is 1. The molecule has 0 aromatic heterocycles. The molecule has 0 amide bonds. The molecule has 0 aliphatic heterocycles. The van der Waals surface area contributed by atoms with Crippen LogP contribution in [0.3, 0.4) is 0 Å². The van der Waals surface area contributed by atoms with Crippen molar-refractivity contribution in [3.8, 4) is 5.75 Å². The van der Waals surface area contributed by atoms with E-state index in [2.05, 4.69) is 32.2 Å². The van der Waals surface area contributed by atoms with Gasteiger partial charge in [0.2, 0.25) is 0 Å². The number of quaternary nitrogens is 1. The van der Waals surface area contributed by atoms with E-state index in [0.717, 1.165) is 23.9 Å². The number of benzene rings is 1. The Balaban J connectivity index is 1.66. The summed E-state index contributed by atoms with van der Waals surface area (Å²) in [6.07, 6.45) is 8.44. The van der Waals surface area contributed by atoms with E-state index in [0.29, 0.717) is 5.92 Å². The maximum absolute atomic E-state index is 5.40. The van der Waals surface area contributed by atoms with Crippen LogP contribution >= 0.6 is 0 Å². The molecule has 2 nitrogen and oxygen atoms in total. The van der Waals surface area contributed by atoms with E-state index in [-0.39, 0.29) is 0 Å². The first-order valence-corrected chi connectivity index (χ1v) is 8.67. The third-order valence-corrected chi connectivity index (χ3v) is 6.51. The monoisotopic (exact) mass is 286 g/mol. The van der Waals surface area contributed by atoms with Crippen LogP contribution in [0.25, 0.3) is 0 Å². The maximum Gasteiger partial charge on any atom is 0.119 e. The molecule has 0 N–H and O–H groups in total. The van der Waals surface area contributed by atoms with Crippen LogP contribution in [-0.2, 0) is 6.42 Å². The van der Waals surface area contributed by atoms with E-state index < -0.39 is 0 Å². The van der Waals surface area contributed by atoms with Crippen LogP contribution < -0.4 is 4.74 Å². The van der Waals surface area contributed by atoms with Crippen LogP contribution in [0.15, 0.2) is 18.2 Å². The standard InChI is InChI=1S/C19H28NO/c1-13-18-10-9-17(21-3)12-14(18)4-11-19(13)20(2,15-5-6-15)16-7-8-16/h9-10,12-13,15-16,19H,4-8,11H2,1-3H3/q+1. The highest BCUT2D eigenvalue weighted by atomic mass is 16.5. The number of hydrogen-bond donors (Lipinski definition) is 0. The van der Waals surface area contributed by atoms with E-state index >= 15 is 0 Å². The Hall–Kier alpha value is -1.02. The zero-order valence-electron chi connectivity index (χ0n) is 13.6. The normalized spacial score (nSPS) is 29.1. The number of methoxy groups -OCH3 is 1. The number of ether oxygens (including phenoxy) is 1. The van der Waals surface area contributed by atoms with E-state index in [1.807, 2.05) is 0 Å². The van der Waals surface area contributed by atoms with Crippen LogP contribution in [-0.4, -0.2) is 36.8 Å². The molecule has 3 aliphatic carbocycles. The fourth-order valence-corrected chi connectivity index (χ4v) is 4.99. The molecule has 1 aromatic rings. The molecule has 0 saturated heterocycles. The summed E-state index contributed by atoms with van der Waals surface area (Å²) in [4.78, 5) is 0. The summed E-state index contributed by atoms with van der Waals surface area (Å²) in [6, 6.07) is 9.49. The van der Waals surface area contributed by atoms with E-state index in [9.17, 15) is 0 Å². The minimum absolute atomic E-state index is 0.686. The summed E-state index contributed by atoms with van der Waals surface area (Å²) in [7, 11) is 4.34. The summed E-state index contributed by atoms with van der Waals surface area (Å²) in [5.41, 5.74) is 3.11. The molecular formula is C19H28NO+. The molecule has 0 spiro atoms. The summed E-state index contributed by atoms with van der Waals surface area (Å²) in [5, 5.41) is 0. The van der Waals surface area contributed by atoms with Crippen molar-refractivity contribution in [1.82, 2.24) is 0 Å². The molecule has 0 heterocycles. The number of nitrogens with zero attached hydrogens (tertiary/aromatic N) is 1. The molecule has 114 valence electrons. The minimum Gasteiger partial charge on any atom is -0.497 e. The lowest BCUT2D eigenvalue weighted by atomic mass is 9.78. The Morgan fingerprint density at radius 2 is 1.71 bits per heavy atom. The molecule has 21 heavy (non-hydrogen) atoms. The SMILES string of the molecule is COc1ccc2c(c1)CCC([N+](C)(C1CC1)C1CC1)C2C. The average Bonchev–Trinajstić information content (AvgIpc) is 3.39. The van der Waals surface area contributed by atoms with Gasteiger partial charge in [0.15, 0.2) is 0 Å². The fraction of sp³-hybridized carbons (Fsp3) is 0.684. The van der Waals surface area contributed by atoms with Gasteiger partial charge in [-0.25, -0.2) is 0 Å². The zero-order valence-corrected chi connectivity index (χ0v) is 13.6. The van der Waals surface area contributed by atoms with Crippen molar-refractivity contribution in [3.05, 3.63) is 29.3 Å². The van der Waals surface area contributed by atoms with Crippen molar-refractivity contribution in [1.29, 1.82) is 0 Å². The average molecular weight is 286 g/mol. The Morgan fingerprint density at radius 3 is 2.29 bits per heavy atom. The third-order valence-electron chi connectivity index (χ3n) is 6.51. The maximum atomic E-state index is 5.40. The summed E-state index contributed by atoms with van der Waals surface area (Å²) < 4.78 is 6.78. The van der Waals surface area contributed by atoms with Gasteiger partial charge < -0.3 is 9.22 Å². The van der Waals surface area contributed by atoms with Crippen molar-refractivity contribution in [2.24, 2.45) is 0 Å². The van der Waals surface area contributed by atoms with Gasteiger partial charge >= 0.3 is 0 Å². The first-order valence-electron chi connectivity index (χ1n) is 8.67. The highest BCUT2D eigenvalue weighted by Crippen LogP contribution is 2.50. The van der Waals surface area contributed by atoms with Crippen LogP contribution in [0, 0.1) is 0 Å². The van der Waals surface area contributed by atoms with E-state index in [1.54, 1.807) is 12.7 Å². The van der Waals surface area contributed by atoms with E-state index in [4.69, 9.17) is 4.74 Å². The van der Waals surface area contributed by atoms with Gasteiger partial charge in [-0.3, -0.25) is 0 Å². The first kappa shape index (κ1) is 13.6. The van der Waals surface area contributed by atoms with Gasteiger partial charge in [-0.1, -0.05) is 13.0 Å². The quantitative estimate of drug-likeness (QED) is 0.763. The van der Waals surface area contributed by atoms with Gasteiger partial charge in [0.05, 0.1) is 32.3 Å². The Kier molecular flexibility index (Phi) is 3.08. The molecule has 2 fully saturated rings. The van der Waals surface area contributed by atoms with Gasteiger partial charge in [-0.05, 0) is 29.7 Å². The van der Waals surface area contributed by atoms with Crippen LogP contribution in [0.5, 0.6) is 5.75 Å².